The zero-order valence-corrected chi connectivity index (χ0v) is 44.2. The number of carbonyl (C=O) groups is 3. The minimum atomic E-state index is -0.773. The van der Waals surface area contributed by atoms with E-state index in [0.29, 0.717) is 19.3 Å². The van der Waals surface area contributed by atoms with Crippen molar-refractivity contribution in [1.29, 1.82) is 0 Å². The van der Waals surface area contributed by atoms with Crippen molar-refractivity contribution in [2.45, 2.75) is 316 Å². The molecule has 0 aromatic carbocycles. The fourth-order valence-electron chi connectivity index (χ4n) is 8.51. The van der Waals surface area contributed by atoms with Crippen LogP contribution < -0.4 is 0 Å². The molecule has 66 heavy (non-hydrogen) atoms. The van der Waals surface area contributed by atoms with Crippen LogP contribution >= 0.6 is 0 Å². The highest BCUT2D eigenvalue weighted by molar-refractivity contribution is 5.71. The molecule has 0 bridgehead atoms. The van der Waals surface area contributed by atoms with Crippen LogP contribution in [-0.4, -0.2) is 37.2 Å². The van der Waals surface area contributed by atoms with Crippen LogP contribution in [-0.2, 0) is 28.6 Å². The summed E-state index contributed by atoms with van der Waals surface area (Å²) in [5.41, 5.74) is 0. The molecule has 0 aliphatic carbocycles. The van der Waals surface area contributed by atoms with Gasteiger partial charge in [-0.05, 0) is 57.8 Å². The third-order valence-corrected chi connectivity index (χ3v) is 12.9. The maximum Gasteiger partial charge on any atom is 0.306 e. The van der Waals surface area contributed by atoms with E-state index in [9.17, 15) is 14.4 Å². The molecule has 0 rings (SSSR count). The summed E-state index contributed by atoms with van der Waals surface area (Å²) in [5.74, 6) is -0.886. The number of esters is 3. The van der Waals surface area contributed by atoms with Gasteiger partial charge in [0.1, 0.15) is 13.2 Å². The van der Waals surface area contributed by atoms with E-state index in [4.69, 9.17) is 14.2 Å². The molecule has 386 valence electrons. The maximum absolute atomic E-state index is 12.8. The summed E-state index contributed by atoms with van der Waals surface area (Å²) in [6, 6.07) is 0. The van der Waals surface area contributed by atoms with Crippen LogP contribution in [0.15, 0.2) is 36.5 Å². The fraction of sp³-hybridized carbons (Fsp3) is 0.850. The van der Waals surface area contributed by atoms with Crippen LogP contribution in [0, 0.1) is 0 Å². The van der Waals surface area contributed by atoms with E-state index in [1.54, 1.807) is 0 Å². The van der Waals surface area contributed by atoms with E-state index in [0.717, 1.165) is 83.5 Å². The van der Waals surface area contributed by atoms with E-state index in [1.807, 2.05) is 0 Å². The molecule has 0 radical (unpaired) electrons. The predicted molar refractivity (Wildman–Crippen MR) is 284 cm³/mol. The van der Waals surface area contributed by atoms with E-state index >= 15 is 0 Å². The molecule has 0 heterocycles. The smallest absolute Gasteiger partial charge is 0.306 e. The van der Waals surface area contributed by atoms with Gasteiger partial charge in [-0.3, -0.25) is 14.4 Å². The Morgan fingerprint density at radius 3 is 0.848 bits per heavy atom. The van der Waals surface area contributed by atoms with Crippen molar-refractivity contribution in [3.63, 3.8) is 0 Å². The number of unbranched alkanes of at least 4 members (excludes halogenated alkanes) is 36. The summed E-state index contributed by atoms with van der Waals surface area (Å²) < 4.78 is 16.7. The van der Waals surface area contributed by atoms with Gasteiger partial charge in [-0.2, -0.15) is 0 Å². The lowest BCUT2D eigenvalue weighted by Gasteiger charge is -2.18. The molecular weight excluding hydrogens is 817 g/mol. The summed E-state index contributed by atoms with van der Waals surface area (Å²) in [7, 11) is 0. The number of allylic oxidation sites excluding steroid dienone is 6. The Morgan fingerprint density at radius 1 is 0.303 bits per heavy atom. The van der Waals surface area contributed by atoms with E-state index < -0.39 is 6.10 Å². The lowest BCUT2D eigenvalue weighted by Crippen LogP contribution is -2.30. The van der Waals surface area contributed by atoms with Gasteiger partial charge in [-0.1, -0.05) is 269 Å². The average molecular weight is 928 g/mol. The fourth-order valence-corrected chi connectivity index (χ4v) is 8.51. The van der Waals surface area contributed by atoms with Gasteiger partial charge >= 0.3 is 17.9 Å². The van der Waals surface area contributed by atoms with E-state index in [-0.39, 0.29) is 31.1 Å². The largest absolute Gasteiger partial charge is 0.462 e. The van der Waals surface area contributed by atoms with Gasteiger partial charge in [0, 0.05) is 19.3 Å². The molecule has 1 atom stereocenters. The van der Waals surface area contributed by atoms with Gasteiger partial charge in [0.2, 0.25) is 0 Å². The van der Waals surface area contributed by atoms with Crippen molar-refractivity contribution in [2.75, 3.05) is 13.2 Å². The van der Waals surface area contributed by atoms with Crippen LogP contribution in [0.2, 0.25) is 0 Å². The molecule has 6 nitrogen and oxygen atoms in total. The Hall–Kier alpha value is -2.37. The first-order valence-corrected chi connectivity index (χ1v) is 29.0. The first-order chi connectivity index (χ1) is 32.5. The van der Waals surface area contributed by atoms with Gasteiger partial charge in [0.25, 0.3) is 0 Å². The maximum atomic E-state index is 12.8. The first-order valence-electron chi connectivity index (χ1n) is 29.0. The molecule has 0 amide bonds. The summed E-state index contributed by atoms with van der Waals surface area (Å²) in [5, 5.41) is 0. The van der Waals surface area contributed by atoms with Crippen molar-refractivity contribution in [3.05, 3.63) is 36.5 Å². The van der Waals surface area contributed by atoms with E-state index in [2.05, 4.69) is 57.2 Å². The average Bonchev–Trinajstić information content (AvgIpc) is 3.31. The van der Waals surface area contributed by atoms with Crippen molar-refractivity contribution < 1.29 is 28.6 Å². The zero-order valence-electron chi connectivity index (χ0n) is 44.2. The first kappa shape index (κ1) is 63.6. The minimum Gasteiger partial charge on any atom is -0.462 e. The molecular formula is C60H110O6. The highest BCUT2D eigenvalue weighted by Crippen LogP contribution is 2.17. The second-order valence-corrected chi connectivity index (χ2v) is 19.6. The summed E-state index contributed by atoms with van der Waals surface area (Å²) in [4.78, 5) is 37.8. The second-order valence-electron chi connectivity index (χ2n) is 19.6. The molecule has 1 unspecified atom stereocenters. The number of rotatable bonds is 53. The van der Waals surface area contributed by atoms with Crippen molar-refractivity contribution >= 4 is 17.9 Å². The molecule has 6 heteroatoms. The van der Waals surface area contributed by atoms with Crippen molar-refractivity contribution in [1.82, 2.24) is 0 Å². The normalized spacial score (nSPS) is 12.2. The molecule has 0 aliphatic heterocycles. The monoisotopic (exact) mass is 927 g/mol. The lowest BCUT2D eigenvalue weighted by molar-refractivity contribution is -0.167. The SMILES string of the molecule is CCCCCCC/C=C\C/C=C\C/C=C\CCCCCCCCC(=O)OC(COC(=O)CCCCCCC)COC(=O)CCCCCCCCCCCCCCCCCCCCCCCC. The molecule has 0 N–H and O–H groups in total. The molecule has 0 saturated carbocycles. The van der Waals surface area contributed by atoms with Crippen molar-refractivity contribution in [3.8, 4) is 0 Å². The Morgan fingerprint density at radius 2 is 0.545 bits per heavy atom. The Labute approximate surface area is 410 Å². The van der Waals surface area contributed by atoms with Gasteiger partial charge in [0.05, 0.1) is 0 Å². The number of carbonyl (C=O) groups excluding carboxylic acids is 3. The Kier molecular flexibility index (Phi) is 53.2. The Balaban J connectivity index is 4.09. The van der Waals surface area contributed by atoms with Gasteiger partial charge in [-0.15, -0.1) is 0 Å². The third kappa shape index (κ3) is 52.6. The highest BCUT2D eigenvalue weighted by atomic mass is 16.6. The Bertz CT molecular complexity index is 1110. The topological polar surface area (TPSA) is 78.9 Å². The highest BCUT2D eigenvalue weighted by Gasteiger charge is 2.19. The van der Waals surface area contributed by atoms with Crippen molar-refractivity contribution in [2.24, 2.45) is 0 Å². The lowest BCUT2D eigenvalue weighted by atomic mass is 10.0. The molecule has 0 aromatic rings. The number of hydrogen-bond donors (Lipinski definition) is 0. The molecule has 0 fully saturated rings. The van der Waals surface area contributed by atoms with Crippen LogP contribution in [0.3, 0.4) is 0 Å². The van der Waals surface area contributed by atoms with Crippen LogP contribution in [0.4, 0.5) is 0 Å². The molecule has 0 aromatic heterocycles. The molecule has 0 spiro atoms. The quantitative estimate of drug-likeness (QED) is 0.0262. The summed E-state index contributed by atoms with van der Waals surface area (Å²) in [6.45, 7) is 6.57. The molecule has 0 saturated heterocycles. The summed E-state index contributed by atoms with van der Waals surface area (Å²) >= 11 is 0. The minimum absolute atomic E-state index is 0.0744. The van der Waals surface area contributed by atoms with E-state index in [1.165, 1.54) is 186 Å². The number of hydrogen-bond acceptors (Lipinski definition) is 6. The standard InChI is InChI=1S/C60H110O6/c1-4-7-10-13-15-17-19-21-23-25-27-29-31-32-34-36-38-40-42-44-47-50-53-59(62)65-56-57(55-64-58(61)52-49-46-12-9-6-3)66-60(63)54-51-48-45-43-41-39-37-35-33-30-28-26-24-22-20-18-16-14-11-8-5-2/h20,22,26,28,33,35,57H,4-19,21,23-25,27,29-32,34,36-56H2,1-3H3/b22-20-,28-26-,35-33-. The van der Waals surface area contributed by atoms with Crippen LogP contribution in [0.1, 0.15) is 310 Å². The van der Waals surface area contributed by atoms with Crippen LogP contribution in [0.5, 0.6) is 0 Å². The third-order valence-electron chi connectivity index (χ3n) is 12.9. The van der Waals surface area contributed by atoms with Crippen LogP contribution in [0.25, 0.3) is 0 Å². The molecule has 0 aliphatic rings. The zero-order chi connectivity index (χ0) is 47.9. The van der Waals surface area contributed by atoms with Gasteiger partial charge < -0.3 is 14.2 Å². The second kappa shape index (κ2) is 55.2. The van der Waals surface area contributed by atoms with Gasteiger partial charge in [-0.25, -0.2) is 0 Å². The van der Waals surface area contributed by atoms with Gasteiger partial charge in [0.15, 0.2) is 6.10 Å². The number of ether oxygens (including phenoxy) is 3. The predicted octanol–water partition coefficient (Wildman–Crippen LogP) is 19.3. The summed E-state index contributed by atoms with van der Waals surface area (Å²) in [6.07, 6.45) is 66.1.